The van der Waals surface area contributed by atoms with Gasteiger partial charge in [-0.1, -0.05) is 0 Å². The molecule has 5 nitrogen and oxygen atoms in total. The van der Waals surface area contributed by atoms with E-state index in [0.29, 0.717) is 15.2 Å². The molecule has 0 aliphatic heterocycles. The Morgan fingerprint density at radius 3 is 2.85 bits per heavy atom. The summed E-state index contributed by atoms with van der Waals surface area (Å²) in [4.78, 5) is 18.7. The number of halogens is 1. The lowest BCUT2D eigenvalue weighted by Gasteiger charge is -1.98. The molecule has 2 aromatic rings. The molecule has 0 amide bonds. The van der Waals surface area contributed by atoms with Gasteiger partial charge in [-0.05, 0) is 13.8 Å². The molecule has 2 aromatic heterocycles. The average Bonchev–Trinajstić information content (AvgIpc) is 2.42. The Labute approximate surface area is 87.3 Å². The van der Waals surface area contributed by atoms with Crippen molar-refractivity contribution in [3.8, 4) is 0 Å². The van der Waals surface area contributed by atoms with Crippen LogP contribution in [0.15, 0.2) is 4.79 Å². The fourth-order valence-electron chi connectivity index (χ4n) is 1.09. The summed E-state index contributed by atoms with van der Waals surface area (Å²) in [6, 6.07) is 0. The van der Waals surface area contributed by atoms with Gasteiger partial charge in [0.25, 0.3) is 5.56 Å². The summed E-state index contributed by atoms with van der Waals surface area (Å²) in [6.45, 7) is 3.61. The molecule has 0 saturated carbocycles. The Kier molecular flexibility index (Phi) is 1.86. The van der Waals surface area contributed by atoms with E-state index in [2.05, 4.69) is 15.1 Å². The summed E-state index contributed by atoms with van der Waals surface area (Å²) in [6.07, 6.45) is 0. The smallest absolute Gasteiger partial charge is 0.278 e. The molecule has 0 unspecified atom stereocenters. The zero-order valence-corrected chi connectivity index (χ0v) is 9.29. The van der Waals surface area contributed by atoms with Crippen LogP contribution in [0.4, 0.5) is 0 Å². The molecular weight excluding hydrogens is 283 g/mol. The van der Waals surface area contributed by atoms with Crippen molar-refractivity contribution in [1.29, 1.82) is 0 Å². The molecule has 2 heterocycles. The fourth-order valence-corrected chi connectivity index (χ4v) is 1.53. The van der Waals surface area contributed by atoms with E-state index in [-0.39, 0.29) is 5.56 Å². The van der Waals surface area contributed by atoms with Gasteiger partial charge in [0.2, 0.25) is 9.61 Å². The summed E-state index contributed by atoms with van der Waals surface area (Å²) in [7, 11) is 0. The maximum absolute atomic E-state index is 11.6. The van der Waals surface area contributed by atoms with Crippen molar-refractivity contribution < 1.29 is 0 Å². The lowest BCUT2D eigenvalue weighted by atomic mass is 10.3. The summed E-state index contributed by atoms with van der Waals surface area (Å²) in [5.41, 5.74) is 1.40. The van der Waals surface area contributed by atoms with Crippen LogP contribution in [0, 0.1) is 17.7 Å². The van der Waals surface area contributed by atoms with Crippen LogP contribution in [0.3, 0.4) is 0 Å². The Balaban J connectivity index is 3.01. The molecule has 2 rings (SSSR count). The number of nitrogens with zero attached hydrogens (tertiary/aromatic N) is 3. The Hall–Kier alpha value is -0.920. The molecule has 0 atom stereocenters. The number of fused-ring (bicyclic) bond motifs is 1. The third kappa shape index (κ3) is 1.25. The molecule has 0 saturated heterocycles. The molecule has 0 aliphatic rings. The number of rotatable bonds is 0. The SMILES string of the molecule is Cc1[nH]c2nc(I)nn2c(=O)c1C. The van der Waals surface area contributed by atoms with E-state index >= 15 is 0 Å². The quantitative estimate of drug-likeness (QED) is 0.724. The van der Waals surface area contributed by atoms with Crippen molar-refractivity contribution in [3.05, 3.63) is 25.4 Å². The number of nitrogens with one attached hydrogen (secondary N) is 1. The summed E-state index contributed by atoms with van der Waals surface area (Å²) >= 11 is 1.97. The molecule has 13 heavy (non-hydrogen) atoms. The van der Waals surface area contributed by atoms with Crippen molar-refractivity contribution in [2.45, 2.75) is 13.8 Å². The van der Waals surface area contributed by atoms with Gasteiger partial charge in [0.05, 0.1) is 0 Å². The van der Waals surface area contributed by atoms with Crippen LogP contribution in [0.1, 0.15) is 11.3 Å². The zero-order valence-electron chi connectivity index (χ0n) is 7.13. The van der Waals surface area contributed by atoms with E-state index in [4.69, 9.17) is 0 Å². The molecule has 1 N–H and O–H groups in total. The van der Waals surface area contributed by atoms with Gasteiger partial charge in [-0.3, -0.25) is 4.79 Å². The topological polar surface area (TPSA) is 63.1 Å². The first-order chi connectivity index (χ1) is 6.09. The Bertz CT molecular complexity index is 527. The summed E-state index contributed by atoms with van der Waals surface area (Å²) in [5, 5.41) is 3.96. The Morgan fingerprint density at radius 2 is 2.15 bits per heavy atom. The number of hydrogen-bond donors (Lipinski definition) is 1. The molecule has 68 valence electrons. The highest BCUT2D eigenvalue weighted by Crippen LogP contribution is 2.01. The van der Waals surface area contributed by atoms with E-state index in [1.54, 1.807) is 6.92 Å². The van der Waals surface area contributed by atoms with Crippen LogP contribution in [0.25, 0.3) is 5.78 Å². The van der Waals surface area contributed by atoms with E-state index in [0.717, 1.165) is 5.69 Å². The van der Waals surface area contributed by atoms with Crippen LogP contribution >= 0.6 is 22.6 Å². The van der Waals surface area contributed by atoms with Crippen molar-refractivity contribution in [2.75, 3.05) is 0 Å². The van der Waals surface area contributed by atoms with Crippen molar-refractivity contribution >= 4 is 28.4 Å². The van der Waals surface area contributed by atoms with Gasteiger partial charge in [0.15, 0.2) is 0 Å². The van der Waals surface area contributed by atoms with E-state index in [1.807, 2.05) is 29.5 Å². The first-order valence-corrected chi connectivity index (χ1v) is 4.79. The predicted molar refractivity (Wildman–Crippen MR) is 55.8 cm³/mol. The maximum Gasteiger partial charge on any atom is 0.278 e. The number of hydrogen-bond acceptors (Lipinski definition) is 3. The van der Waals surface area contributed by atoms with E-state index in [9.17, 15) is 4.79 Å². The second-order valence-corrected chi connectivity index (χ2v) is 3.76. The minimum Gasteiger partial charge on any atom is -0.328 e. The largest absolute Gasteiger partial charge is 0.328 e. The van der Waals surface area contributed by atoms with Crippen molar-refractivity contribution in [1.82, 2.24) is 19.6 Å². The zero-order chi connectivity index (χ0) is 9.59. The average molecular weight is 290 g/mol. The second kappa shape index (κ2) is 2.79. The van der Waals surface area contributed by atoms with Gasteiger partial charge in [0.1, 0.15) is 0 Å². The van der Waals surface area contributed by atoms with Gasteiger partial charge < -0.3 is 4.98 Å². The first-order valence-electron chi connectivity index (χ1n) is 3.71. The van der Waals surface area contributed by atoms with Crippen molar-refractivity contribution in [3.63, 3.8) is 0 Å². The number of aromatic nitrogens is 4. The first kappa shape index (κ1) is 8.67. The van der Waals surface area contributed by atoms with Crippen LogP contribution in [-0.2, 0) is 0 Å². The molecule has 0 bridgehead atoms. The number of H-pyrrole nitrogens is 1. The fraction of sp³-hybridized carbons (Fsp3) is 0.286. The lowest BCUT2D eigenvalue weighted by molar-refractivity contribution is 0.864. The number of aryl methyl sites for hydroxylation is 1. The third-order valence-corrected chi connectivity index (χ3v) is 2.41. The highest BCUT2D eigenvalue weighted by atomic mass is 127. The lowest BCUT2D eigenvalue weighted by Crippen LogP contribution is -2.19. The highest BCUT2D eigenvalue weighted by molar-refractivity contribution is 14.1. The van der Waals surface area contributed by atoms with Crippen LogP contribution in [0.2, 0.25) is 0 Å². The minimum absolute atomic E-state index is 0.110. The molecule has 0 aromatic carbocycles. The van der Waals surface area contributed by atoms with Crippen molar-refractivity contribution in [2.24, 2.45) is 0 Å². The third-order valence-electron chi connectivity index (χ3n) is 1.96. The number of aromatic amines is 1. The Morgan fingerprint density at radius 1 is 1.46 bits per heavy atom. The van der Waals surface area contributed by atoms with Gasteiger partial charge in [-0.25, -0.2) is 0 Å². The van der Waals surface area contributed by atoms with Gasteiger partial charge in [-0.15, -0.1) is 5.10 Å². The van der Waals surface area contributed by atoms with Crippen LogP contribution < -0.4 is 5.56 Å². The van der Waals surface area contributed by atoms with E-state index in [1.165, 1.54) is 4.52 Å². The molecule has 0 spiro atoms. The van der Waals surface area contributed by atoms with Crippen LogP contribution in [0.5, 0.6) is 0 Å². The molecular formula is C7H7IN4O. The summed E-state index contributed by atoms with van der Waals surface area (Å²) in [5.74, 6) is 0.498. The second-order valence-electron chi connectivity index (χ2n) is 2.80. The van der Waals surface area contributed by atoms with Gasteiger partial charge in [0, 0.05) is 33.8 Å². The molecule has 0 fully saturated rings. The molecule has 0 radical (unpaired) electrons. The van der Waals surface area contributed by atoms with E-state index < -0.39 is 0 Å². The minimum atomic E-state index is -0.110. The summed E-state index contributed by atoms with van der Waals surface area (Å²) < 4.78 is 1.85. The molecule has 6 heteroatoms. The highest BCUT2D eigenvalue weighted by Gasteiger charge is 2.07. The monoisotopic (exact) mass is 290 g/mol. The normalized spacial score (nSPS) is 11.0. The van der Waals surface area contributed by atoms with Crippen LogP contribution in [-0.4, -0.2) is 19.6 Å². The van der Waals surface area contributed by atoms with Gasteiger partial charge in [-0.2, -0.15) is 9.50 Å². The van der Waals surface area contributed by atoms with Gasteiger partial charge >= 0.3 is 0 Å². The predicted octanol–water partition coefficient (Wildman–Crippen LogP) is 0.639. The maximum atomic E-state index is 11.6. The standard InChI is InChI=1S/C7H7IN4O/c1-3-4(2)9-7-10-6(8)11-12(7)5(3)13/h1-2H3,(H,9,10,11). The molecule has 0 aliphatic carbocycles.